The first-order chi connectivity index (χ1) is 15.1. The number of nitrogens with one attached hydrogen (secondary N) is 2. The van der Waals surface area contributed by atoms with Crippen molar-refractivity contribution in [1.82, 2.24) is 4.98 Å². The maximum absolute atomic E-state index is 13.7. The van der Waals surface area contributed by atoms with Crippen LogP contribution in [0.4, 0.5) is 28.9 Å². The van der Waals surface area contributed by atoms with Gasteiger partial charge in [-0.1, -0.05) is 12.1 Å². The van der Waals surface area contributed by atoms with E-state index in [0.717, 1.165) is 18.2 Å². The highest BCUT2D eigenvalue weighted by molar-refractivity contribution is 6.05. The fraction of sp³-hybridized carbons (Fsp3) is 0.0909. The van der Waals surface area contributed by atoms with E-state index in [1.54, 1.807) is 0 Å². The number of nitrogens with zero attached hydrogens (tertiary/aromatic N) is 2. The average Bonchev–Trinajstić information content (AvgIpc) is 2.74. The second-order valence-electron chi connectivity index (χ2n) is 6.59. The largest absolute Gasteiger partial charge is 0.418 e. The molecule has 0 saturated carbocycles. The zero-order valence-electron chi connectivity index (χ0n) is 16.4. The number of anilines is 2. The van der Waals surface area contributed by atoms with Crippen molar-refractivity contribution in [1.29, 1.82) is 5.26 Å². The quantitative estimate of drug-likeness (QED) is 0.561. The highest BCUT2D eigenvalue weighted by atomic mass is 19.4. The van der Waals surface area contributed by atoms with Crippen molar-refractivity contribution in [3.8, 4) is 6.07 Å². The van der Waals surface area contributed by atoms with Crippen LogP contribution in [0.5, 0.6) is 0 Å². The number of hydrogen-bond acceptors (Lipinski definition) is 4. The fourth-order valence-electron chi connectivity index (χ4n) is 2.80. The molecule has 0 aliphatic carbocycles. The van der Waals surface area contributed by atoms with Crippen LogP contribution in [0.3, 0.4) is 0 Å². The Morgan fingerprint density at radius 1 is 1.00 bits per heavy atom. The number of aryl methyl sites for hydroxylation is 1. The van der Waals surface area contributed by atoms with E-state index in [0.29, 0.717) is 6.07 Å². The Morgan fingerprint density at radius 3 is 2.34 bits per heavy atom. The Balaban J connectivity index is 1.88. The van der Waals surface area contributed by atoms with Crippen molar-refractivity contribution >= 4 is 23.2 Å². The minimum atomic E-state index is -4.87. The first kappa shape index (κ1) is 22.4. The van der Waals surface area contributed by atoms with Gasteiger partial charge in [-0.2, -0.15) is 18.4 Å². The summed E-state index contributed by atoms with van der Waals surface area (Å²) >= 11 is 0. The van der Waals surface area contributed by atoms with Gasteiger partial charge in [0.15, 0.2) is 0 Å². The number of carbonyl (C=O) groups excluding carboxylic acids is 2. The number of hydrogen-bond donors (Lipinski definition) is 2. The monoisotopic (exact) mass is 442 g/mol. The molecule has 3 aromatic rings. The summed E-state index contributed by atoms with van der Waals surface area (Å²) in [6.07, 6.45) is -4.87. The summed E-state index contributed by atoms with van der Waals surface area (Å²) in [7, 11) is 0. The van der Waals surface area contributed by atoms with Crippen molar-refractivity contribution in [3.05, 3.63) is 88.5 Å². The van der Waals surface area contributed by atoms with Crippen molar-refractivity contribution < 1.29 is 27.2 Å². The highest BCUT2D eigenvalue weighted by Crippen LogP contribution is 2.37. The molecular formula is C22H14F4N4O2. The van der Waals surface area contributed by atoms with Gasteiger partial charge in [0, 0.05) is 5.69 Å². The average molecular weight is 442 g/mol. The summed E-state index contributed by atoms with van der Waals surface area (Å²) < 4.78 is 54.5. The number of nitriles is 1. The molecule has 0 aliphatic rings. The molecule has 2 N–H and O–H groups in total. The Morgan fingerprint density at radius 2 is 1.72 bits per heavy atom. The summed E-state index contributed by atoms with van der Waals surface area (Å²) in [5, 5.41) is 13.3. The molecule has 3 rings (SSSR count). The maximum Gasteiger partial charge on any atom is 0.418 e. The standard InChI is InChI=1S/C22H14F4N4O2/c1-12-13(11-27)6-8-19(28-12)21(32)30-18-9-7-14(10-16(18)22(24,25)26)29-20(31)15-4-2-3-5-17(15)23/h2-10H,1H3,(H,29,31)(H,30,32). The highest BCUT2D eigenvalue weighted by Gasteiger charge is 2.34. The van der Waals surface area contributed by atoms with Crippen LogP contribution in [0.25, 0.3) is 0 Å². The molecule has 1 heterocycles. The Bertz CT molecular complexity index is 1250. The van der Waals surface area contributed by atoms with Gasteiger partial charge in [0.2, 0.25) is 0 Å². The molecule has 6 nitrogen and oxygen atoms in total. The fourth-order valence-corrected chi connectivity index (χ4v) is 2.80. The molecule has 0 saturated heterocycles. The van der Waals surface area contributed by atoms with Gasteiger partial charge in [-0.3, -0.25) is 9.59 Å². The van der Waals surface area contributed by atoms with E-state index in [1.807, 2.05) is 6.07 Å². The van der Waals surface area contributed by atoms with Crippen LogP contribution >= 0.6 is 0 Å². The first-order valence-corrected chi connectivity index (χ1v) is 9.06. The van der Waals surface area contributed by atoms with Crippen LogP contribution in [0.2, 0.25) is 0 Å². The van der Waals surface area contributed by atoms with Crippen LogP contribution in [0.1, 0.15) is 37.7 Å². The van der Waals surface area contributed by atoms with Crippen molar-refractivity contribution in [2.24, 2.45) is 0 Å². The molecule has 1 aromatic heterocycles. The minimum Gasteiger partial charge on any atom is -0.322 e. The molecule has 0 fully saturated rings. The summed E-state index contributed by atoms with van der Waals surface area (Å²) in [5.74, 6) is -2.66. The number of amides is 2. The van der Waals surface area contributed by atoms with Crippen molar-refractivity contribution in [2.75, 3.05) is 10.6 Å². The number of pyridine rings is 1. The lowest BCUT2D eigenvalue weighted by Gasteiger charge is -2.16. The number of halogens is 4. The zero-order valence-corrected chi connectivity index (χ0v) is 16.4. The van der Waals surface area contributed by atoms with Crippen molar-refractivity contribution in [3.63, 3.8) is 0 Å². The van der Waals surface area contributed by atoms with Gasteiger partial charge in [0.1, 0.15) is 17.6 Å². The van der Waals surface area contributed by atoms with Crippen LogP contribution in [-0.4, -0.2) is 16.8 Å². The van der Waals surface area contributed by atoms with Crippen molar-refractivity contribution in [2.45, 2.75) is 13.1 Å². The smallest absolute Gasteiger partial charge is 0.322 e. The van der Waals surface area contributed by atoms with Gasteiger partial charge < -0.3 is 10.6 Å². The third kappa shape index (κ3) is 4.89. The summed E-state index contributed by atoms with van der Waals surface area (Å²) in [6.45, 7) is 1.49. The summed E-state index contributed by atoms with van der Waals surface area (Å²) in [6, 6.07) is 12.2. The molecule has 162 valence electrons. The number of benzene rings is 2. The van der Waals surface area contributed by atoms with E-state index in [9.17, 15) is 27.2 Å². The SMILES string of the molecule is Cc1nc(C(=O)Nc2ccc(NC(=O)c3ccccc3F)cc2C(F)(F)F)ccc1C#N. The molecular weight excluding hydrogens is 428 g/mol. The van der Waals surface area contributed by atoms with E-state index in [-0.39, 0.29) is 28.2 Å². The lowest BCUT2D eigenvalue weighted by molar-refractivity contribution is -0.136. The lowest BCUT2D eigenvalue weighted by atomic mass is 10.1. The van der Waals surface area contributed by atoms with Gasteiger partial charge in [0.05, 0.1) is 28.1 Å². The van der Waals surface area contributed by atoms with E-state index < -0.39 is 35.1 Å². The van der Waals surface area contributed by atoms with Gasteiger partial charge in [0.25, 0.3) is 11.8 Å². The predicted octanol–water partition coefficient (Wildman–Crippen LogP) is 4.92. The molecule has 0 unspecified atom stereocenters. The zero-order chi connectivity index (χ0) is 23.5. The summed E-state index contributed by atoms with van der Waals surface area (Å²) in [5.41, 5.74) is -2.05. The summed E-state index contributed by atoms with van der Waals surface area (Å²) in [4.78, 5) is 28.5. The Kier molecular flexibility index (Phi) is 6.20. The van der Waals surface area contributed by atoms with Gasteiger partial charge in [-0.05, 0) is 49.4 Å². The van der Waals surface area contributed by atoms with E-state index in [2.05, 4.69) is 15.6 Å². The van der Waals surface area contributed by atoms with Crippen LogP contribution in [0, 0.1) is 24.1 Å². The van der Waals surface area contributed by atoms with E-state index in [4.69, 9.17) is 5.26 Å². The molecule has 0 spiro atoms. The van der Waals surface area contributed by atoms with Gasteiger partial charge in [-0.15, -0.1) is 0 Å². The lowest BCUT2D eigenvalue weighted by Crippen LogP contribution is -2.19. The molecule has 0 aliphatic heterocycles. The second kappa shape index (κ2) is 8.85. The van der Waals surface area contributed by atoms with Crippen LogP contribution in [0.15, 0.2) is 54.6 Å². The molecule has 10 heteroatoms. The number of rotatable bonds is 4. The minimum absolute atomic E-state index is 0.174. The molecule has 0 bridgehead atoms. The van der Waals surface area contributed by atoms with Crippen LogP contribution in [-0.2, 0) is 6.18 Å². The molecule has 0 atom stereocenters. The number of carbonyl (C=O) groups is 2. The third-order valence-electron chi connectivity index (χ3n) is 4.39. The molecule has 32 heavy (non-hydrogen) atoms. The maximum atomic E-state index is 13.7. The topological polar surface area (TPSA) is 94.9 Å². The van der Waals surface area contributed by atoms with Gasteiger partial charge in [-0.25, -0.2) is 9.37 Å². The van der Waals surface area contributed by atoms with Gasteiger partial charge >= 0.3 is 6.18 Å². The Hall–Kier alpha value is -4.26. The molecule has 2 amide bonds. The number of aromatic nitrogens is 1. The van der Waals surface area contributed by atoms with E-state index in [1.165, 1.54) is 37.3 Å². The number of alkyl halides is 3. The van der Waals surface area contributed by atoms with Crippen LogP contribution < -0.4 is 10.6 Å². The Labute approximate surface area is 179 Å². The second-order valence-corrected chi connectivity index (χ2v) is 6.59. The molecule has 2 aromatic carbocycles. The normalized spacial score (nSPS) is 10.9. The molecule has 0 radical (unpaired) electrons. The van der Waals surface area contributed by atoms with E-state index >= 15 is 0 Å². The third-order valence-corrected chi connectivity index (χ3v) is 4.39. The first-order valence-electron chi connectivity index (χ1n) is 9.06. The predicted molar refractivity (Wildman–Crippen MR) is 107 cm³/mol.